The van der Waals surface area contributed by atoms with E-state index < -0.39 is 62.5 Å². The van der Waals surface area contributed by atoms with E-state index in [4.69, 9.17) is 4.74 Å². The zero-order valence-electron chi connectivity index (χ0n) is 18.8. The zero-order valence-corrected chi connectivity index (χ0v) is 19.6. The lowest BCUT2D eigenvalue weighted by molar-refractivity contribution is -0.274. The number of nitriles is 1. The van der Waals surface area contributed by atoms with Gasteiger partial charge in [0.05, 0.1) is 28.5 Å². The van der Waals surface area contributed by atoms with Gasteiger partial charge in [-0.1, -0.05) is 0 Å². The number of carbonyl (C=O) groups excluding carboxylic acids is 2. The maximum atomic E-state index is 13.5. The van der Waals surface area contributed by atoms with E-state index in [1.54, 1.807) is 10.8 Å². The van der Waals surface area contributed by atoms with Crippen LogP contribution in [0.15, 0.2) is 35.2 Å². The Balaban J connectivity index is 1.71. The topological polar surface area (TPSA) is 139 Å². The van der Waals surface area contributed by atoms with E-state index in [9.17, 15) is 45.2 Å². The van der Waals surface area contributed by atoms with Crippen LogP contribution in [0, 0.1) is 17.2 Å². The molecule has 0 atom stereocenters. The number of nitrogens with zero attached hydrogens (tertiary/aromatic N) is 3. The van der Waals surface area contributed by atoms with Gasteiger partial charge in [0.25, 0.3) is 16.4 Å². The average Bonchev–Trinajstić information content (AvgIpc) is 2.76. The zero-order chi connectivity index (χ0) is 27.5. The number of hydrogen-bond acceptors (Lipinski definition) is 9. The Morgan fingerprint density at radius 3 is 2.38 bits per heavy atom. The third-order valence-corrected chi connectivity index (χ3v) is 6.37. The summed E-state index contributed by atoms with van der Waals surface area (Å²) in [6.07, 6.45) is -8.15. The maximum Gasteiger partial charge on any atom is 0.573 e. The molecule has 3 rings (SSSR count). The van der Waals surface area contributed by atoms with Crippen molar-refractivity contribution < 1.29 is 49.4 Å². The Morgan fingerprint density at radius 1 is 1.24 bits per heavy atom. The highest BCUT2D eigenvalue weighted by molar-refractivity contribution is 7.90. The quantitative estimate of drug-likeness (QED) is 0.390. The number of sulfonamides is 1. The number of nitrogens with one attached hydrogen (secondary N) is 1. The van der Waals surface area contributed by atoms with Crippen LogP contribution in [-0.2, 0) is 19.6 Å². The van der Waals surface area contributed by atoms with E-state index >= 15 is 0 Å². The van der Waals surface area contributed by atoms with Crippen molar-refractivity contribution in [2.75, 3.05) is 24.6 Å². The summed E-state index contributed by atoms with van der Waals surface area (Å²) in [4.78, 5) is 28.9. The minimum absolute atomic E-state index is 0.0948. The van der Waals surface area contributed by atoms with Gasteiger partial charge in [-0.25, -0.2) is 31.7 Å². The Kier molecular flexibility index (Phi) is 7.86. The fraction of sp³-hybridized carbons (Fsp3) is 0.333. The van der Waals surface area contributed by atoms with E-state index in [0.717, 1.165) is 30.3 Å². The number of hydrogen-bond donors (Lipinski definition) is 1. The van der Waals surface area contributed by atoms with Gasteiger partial charge < -0.3 is 14.4 Å². The molecule has 198 valence electrons. The summed E-state index contributed by atoms with van der Waals surface area (Å²) in [5, 5.41) is 9.40. The van der Waals surface area contributed by atoms with Crippen molar-refractivity contribution in [3.8, 4) is 11.8 Å². The third-order valence-electron chi connectivity index (χ3n) is 5.01. The molecule has 1 aliphatic rings. The number of aromatic nitrogens is 1. The van der Waals surface area contributed by atoms with Crippen LogP contribution in [0.1, 0.15) is 35.0 Å². The number of pyridine rings is 1. The molecule has 1 aliphatic heterocycles. The van der Waals surface area contributed by atoms with Crippen LogP contribution in [0.4, 0.5) is 27.8 Å². The van der Waals surface area contributed by atoms with Crippen molar-refractivity contribution in [2.24, 2.45) is 5.92 Å². The van der Waals surface area contributed by atoms with Crippen LogP contribution in [0.5, 0.6) is 5.75 Å². The summed E-state index contributed by atoms with van der Waals surface area (Å²) in [7, 11) is -4.45. The van der Waals surface area contributed by atoms with Gasteiger partial charge in [0.1, 0.15) is 23.3 Å². The highest BCUT2D eigenvalue weighted by Gasteiger charge is 2.38. The van der Waals surface area contributed by atoms with E-state index in [0.29, 0.717) is 0 Å². The highest BCUT2D eigenvalue weighted by atomic mass is 32.2. The molecule has 0 spiro atoms. The molecule has 37 heavy (non-hydrogen) atoms. The van der Waals surface area contributed by atoms with Crippen LogP contribution in [0.25, 0.3) is 0 Å². The molecular formula is C21H17F5N4O6S. The number of esters is 1. The molecule has 0 radical (unpaired) electrons. The number of carbonyl (C=O) groups is 2. The Bertz CT molecular complexity index is 1340. The fourth-order valence-corrected chi connectivity index (χ4v) is 4.34. The molecule has 2 aromatic rings. The first-order chi connectivity index (χ1) is 17.3. The van der Waals surface area contributed by atoms with Gasteiger partial charge in [0.15, 0.2) is 0 Å². The Hall–Kier alpha value is -4.00. The van der Waals surface area contributed by atoms with E-state index in [1.165, 1.54) is 11.8 Å². The van der Waals surface area contributed by atoms with Gasteiger partial charge in [0, 0.05) is 13.1 Å². The second-order valence-corrected chi connectivity index (χ2v) is 9.20. The molecule has 1 saturated heterocycles. The van der Waals surface area contributed by atoms with Crippen molar-refractivity contribution >= 4 is 27.7 Å². The molecule has 1 aromatic heterocycles. The number of benzene rings is 1. The standard InChI is InChI=1S/C21H17F5N4O6S/c1-2-35-20(32)15-7-11(8-27)18(28-16(15)17(22)23)30-9-12(10-30)19(31)29-37(33,34)14-5-3-13(4-6-14)36-21(24,25)26/h3-7,12,17H,2,9-10H2,1H3,(H,29,31). The van der Waals surface area contributed by atoms with Gasteiger partial charge in [-0.05, 0) is 37.3 Å². The monoisotopic (exact) mass is 548 g/mol. The molecule has 10 nitrogen and oxygen atoms in total. The van der Waals surface area contributed by atoms with Crippen molar-refractivity contribution in [3.63, 3.8) is 0 Å². The molecule has 1 aromatic carbocycles. The first-order valence-electron chi connectivity index (χ1n) is 10.3. The maximum absolute atomic E-state index is 13.5. The molecule has 0 bridgehead atoms. The summed E-state index contributed by atoms with van der Waals surface area (Å²) >= 11 is 0. The summed E-state index contributed by atoms with van der Waals surface area (Å²) in [5.41, 5.74) is -1.73. The smallest absolute Gasteiger partial charge is 0.462 e. The van der Waals surface area contributed by atoms with Crippen LogP contribution < -0.4 is 14.4 Å². The number of rotatable bonds is 8. The number of alkyl halides is 5. The molecule has 0 aliphatic carbocycles. The number of ether oxygens (including phenoxy) is 2. The molecule has 16 heteroatoms. The lowest BCUT2D eigenvalue weighted by Gasteiger charge is -2.39. The van der Waals surface area contributed by atoms with Gasteiger partial charge in [-0.2, -0.15) is 5.26 Å². The van der Waals surface area contributed by atoms with Gasteiger partial charge in [0.2, 0.25) is 5.91 Å². The minimum Gasteiger partial charge on any atom is -0.462 e. The lowest BCUT2D eigenvalue weighted by Crippen LogP contribution is -2.55. The van der Waals surface area contributed by atoms with Crippen molar-refractivity contribution in [2.45, 2.75) is 24.6 Å². The first kappa shape index (κ1) is 27.6. The van der Waals surface area contributed by atoms with E-state index in [1.807, 2.05) is 0 Å². The molecular weight excluding hydrogens is 531 g/mol. The number of anilines is 1. The molecule has 2 heterocycles. The minimum atomic E-state index is -4.97. The molecule has 1 fully saturated rings. The SMILES string of the molecule is CCOC(=O)c1cc(C#N)c(N2CC(C(=O)NS(=O)(=O)c3ccc(OC(F)(F)F)cc3)C2)nc1C(F)F. The van der Waals surface area contributed by atoms with Gasteiger partial charge >= 0.3 is 12.3 Å². The molecule has 1 amide bonds. The second-order valence-electron chi connectivity index (χ2n) is 7.52. The summed E-state index contributed by atoms with van der Waals surface area (Å²) in [6, 6.07) is 5.78. The van der Waals surface area contributed by atoms with Crippen molar-refractivity contribution in [1.29, 1.82) is 5.26 Å². The Labute approximate surface area is 206 Å². The van der Waals surface area contributed by atoms with Crippen LogP contribution in [0.2, 0.25) is 0 Å². The lowest BCUT2D eigenvalue weighted by atomic mass is 9.98. The summed E-state index contributed by atoms with van der Waals surface area (Å²) < 4.78 is 98.8. The van der Waals surface area contributed by atoms with Gasteiger partial charge in [-0.15, -0.1) is 13.2 Å². The predicted octanol–water partition coefficient (Wildman–Crippen LogP) is 2.91. The molecule has 0 saturated carbocycles. The van der Waals surface area contributed by atoms with Crippen molar-refractivity contribution in [1.82, 2.24) is 9.71 Å². The third kappa shape index (κ3) is 6.42. The highest BCUT2D eigenvalue weighted by Crippen LogP contribution is 2.32. The second kappa shape index (κ2) is 10.5. The molecule has 1 N–H and O–H groups in total. The van der Waals surface area contributed by atoms with Crippen molar-refractivity contribution in [3.05, 3.63) is 47.2 Å². The number of amides is 1. The number of halogens is 5. The van der Waals surface area contributed by atoms with Gasteiger partial charge in [-0.3, -0.25) is 4.79 Å². The van der Waals surface area contributed by atoms with Crippen LogP contribution in [0.3, 0.4) is 0 Å². The molecule has 0 unspecified atom stereocenters. The largest absolute Gasteiger partial charge is 0.573 e. The normalized spacial score (nSPS) is 14.1. The van der Waals surface area contributed by atoms with Crippen LogP contribution in [-0.4, -0.2) is 51.3 Å². The summed E-state index contributed by atoms with van der Waals surface area (Å²) in [5.74, 6) is -3.89. The first-order valence-corrected chi connectivity index (χ1v) is 11.8. The average molecular weight is 548 g/mol. The Morgan fingerprint density at radius 2 is 1.86 bits per heavy atom. The predicted molar refractivity (Wildman–Crippen MR) is 114 cm³/mol. The van der Waals surface area contributed by atoms with E-state index in [2.05, 4.69) is 9.72 Å². The van der Waals surface area contributed by atoms with Crippen LogP contribution >= 0.6 is 0 Å². The van der Waals surface area contributed by atoms with E-state index in [-0.39, 0.29) is 31.1 Å². The fourth-order valence-electron chi connectivity index (χ4n) is 3.29. The summed E-state index contributed by atoms with van der Waals surface area (Å²) in [6.45, 7) is 0.990.